The van der Waals surface area contributed by atoms with Crippen LogP contribution in [0.1, 0.15) is 26.3 Å². The molecule has 0 aliphatic carbocycles. The summed E-state index contributed by atoms with van der Waals surface area (Å²) < 4.78 is 10.2. The summed E-state index contributed by atoms with van der Waals surface area (Å²) in [5.41, 5.74) is 2.00. The molecule has 0 spiro atoms. The van der Waals surface area contributed by atoms with Gasteiger partial charge in [0, 0.05) is 5.56 Å². The molecule has 4 heteroatoms. The van der Waals surface area contributed by atoms with Crippen molar-refractivity contribution >= 4 is 12.3 Å². The lowest BCUT2D eigenvalue weighted by atomic mass is 10.1. The highest BCUT2D eigenvalue weighted by Gasteiger charge is 2.04. The van der Waals surface area contributed by atoms with E-state index in [1.54, 1.807) is 48.5 Å². The van der Waals surface area contributed by atoms with Crippen molar-refractivity contribution in [2.75, 3.05) is 7.11 Å². The second-order valence-corrected chi connectivity index (χ2v) is 4.17. The molecule has 2 rings (SSSR count). The molecule has 0 radical (unpaired) electrons. The van der Waals surface area contributed by atoms with Crippen LogP contribution in [-0.4, -0.2) is 19.4 Å². The lowest BCUT2D eigenvalue weighted by Crippen LogP contribution is -2.02. The molecule has 0 saturated carbocycles. The van der Waals surface area contributed by atoms with E-state index in [-0.39, 0.29) is 5.97 Å². The van der Waals surface area contributed by atoms with Crippen LogP contribution in [0.15, 0.2) is 48.5 Å². The first-order chi connectivity index (χ1) is 9.72. The highest BCUT2D eigenvalue weighted by molar-refractivity contribution is 5.89. The Labute approximate surface area is 116 Å². The van der Waals surface area contributed by atoms with Crippen LogP contribution in [0.25, 0.3) is 0 Å². The fraction of sp³-hybridized carbons (Fsp3) is 0.125. The largest absolute Gasteiger partial charge is 0.489 e. The molecular weight excluding hydrogens is 256 g/mol. The normalized spacial score (nSPS) is 9.85. The molecule has 2 aromatic carbocycles. The van der Waals surface area contributed by atoms with Crippen molar-refractivity contribution in [2.45, 2.75) is 6.61 Å². The number of hydrogen-bond donors (Lipinski definition) is 0. The van der Waals surface area contributed by atoms with Crippen molar-refractivity contribution in [3.63, 3.8) is 0 Å². The lowest BCUT2D eigenvalue weighted by Gasteiger charge is -2.07. The number of aldehydes is 1. The van der Waals surface area contributed by atoms with Crippen LogP contribution in [0.2, 0.25) is 0 Å². The van der Waals surface area contributed by atoms with Crippen molar-refractivity contribution in [3.8, 4) is 5.75 Å². The Balaban J connectivity index is 2.00. The SMILES string of the molecule is COC(=O)c1ccc(COc2cccc(C=O)c2)cc1. The standard InChI is InChI=1S/C16H14O4/c1-19-16(18)14-7-5-12(6-8-14)11-20-15-4-2-3-13(9-15)10-17/h2-10H,11H2,1H3. The summed E-state index contributed by atoms with van der Waals surface area (Å²) in [5, 5.41) is 0. The minimum absolute atomic E-state index is 0.365. The molecular formula is C16H14O4. The number of carbonyl (C=O) groups is 2. The van der Waals surface area contributed by atoms with Gasteiger partial charge in [0.25, 0.3) is 0 Å². The van der Waals surface area contributed by atoms with E-state index in [9.17, 15) is 9.59 Å². The predicted octanol–water partition coefficient (Wildman–Crippen LogP) is 2.86. The van der Waals surface area contributed by atoms with E-state index < -0.39 is 0 Å². The van der Waals surface area contributed by atoms with Gasteiger partial charge in [-0.25, -0.2) is 4.79 Å². The Bertz CT molecular complexity index is 602. The molecule has 0 atom stereocenters. The molecule has 20 heavy (non-hydrogen) atoms. The summed E-state index contributed by atoms with van der Waals surface area (Å²) in [7, 11) is 1.35. The molecule has 102 valence electrons. The van der Waals surface area contributed by atoms with E-state index in [4.69, 9.17) is 4.74 Å². The third kappa shape index (κ3) is 3.45. The van der Waals surface area contributed by atoms with Gasteiger partial charge in [-0.2, -0.15) is 0 Å². The maximum Gasteiger partial charge on any atom is 0.337 e. The molecule has 0 heterocycles. The average Bonchev–Trinajstić information content (AvgIpc) is 2.53. The first-order valence-electron chi connectivity index (χ1n) is 6.08. The van der Waals surface area contributed by atoms with Crippen LogP contribution in [0.4, 0.5) is 0 Å². The highest BCUT2D eigenvalue weighted by Crippen LogP contribution is 2.14. The molecule has 0 aliphatic rings. The van der Waals surface area contributed by atoms with E-state index in [0.717, 1.165) is 11.8 Å². The van der Waals surface area contributed by atoms with Gasteiger partial charge in [-0.05, 0) is 29.8 Å². The first-order valence-corrected chi connectivity index (χ1v) is 6.08. The fourth-order valence-corrected chi connectivity index (χ4v) is 1.70. The predicted molar refractivity (Wildman–Crippen MR) is 73.9 cm³/mol. The molecule has 0 bridgehead atoms. The zero-order valence-corrected chi connectivity index (χ0v) is 11.0. The Morgan fingerprint density at radius 3 is 2.55 bits per heavy atom. The van der Waals surface area contributed by atoms with Crippen molar-refractivity contribution in [2.24, 2.45) is 0 Å². The number of ether oxygens (including phenoxy) is 2. The number of carbonyl (C=O) groups excluding carboxylic acids is 2. The number of benzene rings is 2. The van der Waals surface area contributed by atoms with Crippen molar-refractivity contribution in [1.29, 1.82) is 0 Å². The van der Waals surface area contributed by atoms with Gasteiger partial charge in [0.1, 0.15) is 18.6 Å². The topological polar surface area (TPSA) is 52.6 Å². The summed E-state index contributed by atoms with van der Waals surface area (Å²) >= 11 is 0. The zero-order chi connectivity index (χ0) is 14.4. The molecule has 0 amide bonds. The number of rotatable bonds is 5. The number of esters is 1. The highest BCUT2D eigenvalue weighted by atomic mass is 16.5. The molecule has 2 aromatic rings. The Hall–Kier alpha value is -2.62. The molecule has 0 aliphatic heterocycles. The molecule has 4 nitrogen and oxygen atoms in total. The zero-order valence-electron chi connectivity index (χ0n) is 11.0. The smallest absolute Gasteiger partial charge is 0.337 e. The van der Waals surface area contributed by atoms with Gasteiger partial charge in [0.15, 0.2) is 0 Å². The maximum atomic E-state index is 11.3. The molecule has 0 N–H and O–H groups in total. The van der Waals surface area contributed by atoms with E-state index in [1.165, 1.54) is 7.11 Å². The Morgan fingerprint density at radius 2 is 1.90 bits per heavy atom. The quantitative estimate of drug-likeness (QED) is 0.619. The van der Waals surface area contributed by atoms with Gasteiger partial charge in [0.2, 0.25) is 0 Å². The maximum absolute atomic E-state index is 11.3. The van der Waals surface area contributed by atoms with Crippen LogP contribution in [0.3, 0.4) is 0 Å². The second kappa shape index (κ2) is 6.52. The number of methoxy groups -OCH3 is 1. The van der Waals surface area contributed by atoms with Crippen LogP contribution < -0.4 is 4.74 Å². The summed E-state index contributed by atoms with van der Waals surface area (Å²) in [6.07, 6.45) is 0.776. The third-order valence-electron chi connectivity index (χ3n) is 2.77. The van der Waals surface area contributed by atoms with Crippen LogP contribution in [0.5, 0.6) is 5.75 Å². The second-order valence-electron chi connectivity index (χ2n) is 4.17. The molecule has 0 unspecified atom stereocenters. The minimum atomic E-state index is -0.365. The monoisotopic (exact) mass is 270 g/mol. The Kier molecular flexibility index (Phi) is 4.50. The van der Waals surface area contributed by atoms with Crippen molar-refractivity contribution < 1.29 is 19.1 Å². The molecule has 0 fully saturated rings. The van der Waals surface area contributed by atoms with Gasteiger partial charge in [-0.15, -0.1) is 0 Å². The van der Waals surface area contributed by atoms with Crippen molar-refractivity contribution in [3.05, 3.63) is 65.2 Å². The van der Waals surface area contributed by atoms with Crippen LogP contribution in [0, 0.1) is 0 Å². The lowest BCUT2D eigenvalue weighted by molar-refractivity contribution is 0.0600. The third-order valence-corrected chi connectivity index (χ3v) is 2.77. The van der Waals surface area contributed by atoms with Gasteiger partial charge in [-0.3, -0.25) is 4.79 Å². The molecule has 0 saturated heterocycles. The van der Waals surface area contributed by atoms with E-state index in [1.807, 2.05) is 0 Å². The summed E-state index contributed by atoms with van der Waals surface area (Å²) in [6, 6.07) is 13.9. The summed E-state index contributed by atoms with van der Waals surface area (Å²) in [4.78, 5) is 22.0. The van der Waals surface area contributed by atoms with Crippen LogP contribution in [-0.2, 0) is 11.3 Å². The van der Waals surface area contributed by atoms with Gasteiger partial charge in [-0.1, -0.05) is 24.3 Å². The van der Waals surface area contributed by atoms with E-state index in [2.05, 4.69) is 4.74 Å². The van der Waals surface area contributed by atoms with Gasteiger partial charge >= 0.3 is 5.97 Å². The first kappa shape index (κ1) is 13.8. The average molecular weight is 270 g/mol. The minimum Gasteiger partial charge on any atom is -0.489 e. The van der Waals surface area contributed by atoms with Gasteiger partial charge in [0.05, 0.1) is 12.7 Å². The number of hydrogen-bond acceptors (Lipinski definition) is 4. The van der Waals surface area contributed by atoms with Crippen molar-refractivity contribution in [1.82, 2.24) is 0 Å². The Morgan fingerprint density at radius 1 is 1.15 bits per heavy atom. The van der Waals surface area contributed by atoms with E-state index >= 15 is 0 Å². The van der Waals surface area contributed by atoms with E-state index in [0.29, 0.717) is 23.5 Å². The fourth-order valence-electron chi connectivity index (χ4n) is 1.70. The van der Waals surface area contributed by atoms with Crippen LogP contribution >= 0.6 is 0 Å². The summed E-state index contributed by atoms with van der Waals surface area (Å²) in [5.74, 6) is 0.266. The summed E-state index contributed by atoms with van der Waals surface area (Å²) in [6.45, 7) is 0.365. The van der Waals surface area contributed by atoms with Gasteiger partial charge < -0.3 is 9.47 Å². The molecule has 0 aromatic heterocycles.